The fourth-order valence-electron chi connectivity index (χ4n) is 4.15. The Morgan fingerprint density at radius 1 is 1.20 bits per heavy atom. The zero-order valence-corrected chi connectivity index (χ0v) is 13.9. The highest BCUT2D eigenvalue weighted by Crippen LogP contribution is 2.39. The Morgan fingerprint density at radius 2 is 1.85 bits per heavy atom. The van der Waals surface area contributed by atoms with E-state index in [9.17, 15) is 5.11 Å². The highest BCUT2D eigenvalue weighted by molar-refractivity contribution is 4.90. The van der Waals surface area contributed by atoms with Crippen molar-refractivity contribution in [3.63, 3.8) is 0 Å². The second-order valence-corrected chi connectivity index (χ2v) is 7.69. The average Bonchev–Trinajstić information content (AvgIpc) is 2.44. The maximum atomic E-state index is 10.6. The number of aliphatic hydroxyl groups excluding tert-OH is 1. The van der Waals surface area contributed by atoms with E-state index in [-0.39, 0.29) is 11.5 Å². The molecule has 0 radical (unpaired) electrons. The van der Waals surface area contributed by atoms with E-state index in [0.29, 0.717) is 5.92 Å². The summed E-state index contributed by atoms with van der Waals surface area (Å²) in [6, 6.07) is 0.718. The molecular weight excluding hydrogens is 248 g/mol. The number of hydrogen-bond donors (Lipinski definition) is 1. The Hall–Kier alpha value is -0.120. The summed E-state index contributed by atoms with van der Waals surface area (Å²) in [4.78, 5) is 5.07. The molecule has 0 bridgehead atoms. The van der Waals surface area contributed by atoms with Crippen LogP contribution < -0.4 is 0 Å². The van der Waals surface area contributed by atoms with Crippen LogP contribution in [0.5, 0.6) is 0 Å². The van der Waals surface area contributed by atoms with Crippen molar-refractivity contribution in [2.24, 2.45) is 11.3 Å². The Kier molecular flexibility index (Phi) is 5.49. The molecule has 2 unspecified atom stereocenters. The lowest BCUT2D eigenvalue weighted by atomic mass is 9.69. The zero-order chi connectivity index (χ0) is 14.8. The summed E-state index contributed by atoms with van der Waals surface area (Å²) in [6.45, 7) is 11.4. The molecule has 2 atom stereocenters. The van der Waals surface area contributed by atoms with Gasteiger partial charge in [-0.05, 0) is 63.7 Å². The van der Waals surface area contributed by atoms with Crippen LogP contribution >= 0.6 is 0 Å². The van der Waals surface area contributed by atoms with Crippen LogP contribution in [0, 0.1) is 11.3 Å². The second-order valence-electron chi connectivity index (χ2n) is 7.69. The minimum Gasteiger partial charge on any atom is -0.392 e. The standard InChI is InChI=1S/C17H34N2O/c1-5-19-11-8-15(9-12-19)18(4)13-14-7-6-10-17(2,3)16(14)20/h14-16,20H,5-13H2,1-4H3. The molecule has 3 heteroatoms. The number of hydrogen-bond acceptors (Lipinski definition) is 3. The van der Waals surface area contributed by atoms with Crippen molar-refractivity contribution in [2.75, 3.05) is 33.2 Å². The van der Waals surface area contributed by atoms with E-state index in [1.807, 2.05) is 0 Å². The molecule has 1 aliphatic heterocycles. The van der Waals surface area contributed by atoms with E-state index >= 15 is 0 Å². The van der Waals surface area contributed by atoms with Crippen molar-refractivity contribution in [3.8, 4) is 0 Å². The number of likely N-dealkylation sites (tertiary alicyclic amines) is 1. The lowest BCUT2D eigenvalue weighted by Crippen LogP contribution is -2.49. The molecule has 3 nitrogen and oxygen atoms in total. The average molecular weight is 282 g/mol. The third-order valence-corrected chi connectivity index (χ3v) is 5.79. The third kappa shape index (κ3) is 3.75. The van der Waals surface area contributed by atoms with Crippen molar-refractivity contribution < 1.29 is 5.11 Å². The van der Waals surface area contributed by atoms with Gasteiger partial charge in [0.1, 0.15) is 0 Å². The summed E-state index contributed by atoms with van der Waals surface area (Å²) in [5.74, 6) is 0.466. The topological polar surface area (TPSA) is 26.7 Å². The molecule has 1 aliphatic carbocycles. The number of piperidine rings is 1. The summed E-state index contributed by atoms with van der Waals surface area (Å²) < 4.78 is 0. The molecule has 0 amide bonds. The molecule has 0 aromatic heterocycles. The van der Waals surface area contributed by atoms with Gasteiger partial charge in [-0.25, -0.2) is 0 Å². The quantitative estimate of drug-likeness (QED) is 0.858. The van der Waals surface area contributed by atoms with Gasteiger partial charge in [-0.2, -0.15) is 0 Å². The summed E-state index contributed by atoms with van der Waals surface area (Å²) in [6.07, 6.45) is 6.09. The molecule has 1 saturated carbocycles. The minimum atomic E-state index is -0.130. The van der Waals surface area contributed by atoms with E-state index in [2.05, 4.69) is 37.6 Å². The second kappa shape index (κ2) is 6.76. The van der Waals surface area contributed by atoms with Gasteiger partial charge in [0.05, 0.1) is 6.10 Å². The van der Waals surface area contributed by atoms with Crippen LogP contribution in [-0.2, 0) is 0 Å². The largest absolute Gasteiger partial charge is 0.392 e. The first-order valence-electron chi connectivity index (χ1n) is 8.54. The van der Waals surface area contributed by atoms with Crippen molar-refractivity contribution in [3.05, 3.63) is 0 Å². The Labute approximate surface area is 125 Å². The molecule has 0 spiro atoms. The third-order valence-electron chi connectivity index (χ3n) is 5.79. The molecule has 2 fully saturated rings. The lowest BCUT2D eigenvalue weighted by molar-refractivity contribution is -0.0462. The predicted octanol–water partition coefficient (Wildman–Crippen LogP) is 2.59. The van der Waals surface area contributed by atoms with Gasteiger partial charge in [0.2, 0.25) is 0 Å². The molecule has 1 heterocycles. The molecule has 1 saturated heterocycles. The molecule has 0 aromatic carbocycles. The van der Waals surface area contributed by atoms with Crippen LogP contribution in [-0.4, -0.2) is 60.3 Å². The van der Waals surface area contributed by atoms with Crippen molar-refractivity contribution in [1.82, 2.24) is 9.80 Å². The summed E-state index contributed by atoms with van der Waals surface area (Å²) >= 11 is 0. The van der Waals surface area contributed by atoms with Gasteiger partial charge in [0, 0.05) is 12.6 Å². The molecule has 20 heavy (non-hydrogen) atoms. The zero-order valence-electron chi connectivity index (χ0n) is 13.9. The highest BCUT2D eigenvalue weighted by atomic mass is 16.3. The molecule has 2 aliphatic rings. The van der Waals surface area contributed by atoms with E-state index in [0.717, 1.165) is 12.6 Å². The van der Waals surface area contributed by atoms with Crippen LogP contribution in [0.15, 0.2) is 0 Å². The van der Waals surface area contributed by atoms with Gasteiger partial charge in [0.15, 0.2) is 0 Å². The van der Waals surface area contributed by atoms with Crippen molar-refractivity contribution >= 4 is 0 Å². The van der Waals surface area contributed by atoms with Crippen LogP contribution in [0.1, 0.15) is 52.9 Å². The maximum Gasteiger partial charge on any atom is 0.0631 e. The number of nitrogens with zero attached hydrogens (tertiary/aromatic N) is 2. The van der Waals surface area contributed by atoms with Gasteiger partial charge < -0.3 is 14.9 Å². The van der Waals surface area contributed by atoms with E-state index in [4.69, 9.17) is 0 Å². The molecule has 2 rings (SSSR count). The molecular formula is C17H34N2O. The lowest BCUT2D eigenvalue weighted by Gasteiger charge is -2.44. The smallest absolute Gasteiger partial charge is 0.0631 e. The monoisotopic (exact) mass is 282 g/mol. The van der Waals surface area contributed by atoms with Crippen molar-refractivity contribution in [2.45, 2.75) is 65.0 Å². The first-order valence-corrected chi connectivity index (χ1v) is 8.54. The summed E-state index contributed by atoms with van der Waals surface area (Å²) in [5.41, 5.74) is 0.106. The normalized spacial score (nSPS) is 32.7. The van der Waals surface area contributed by atoms with Gasteiger partial charge in [-0.3, -0.25) is 0 Å². The highest BCUT2D eigenvalue weighted by Gasteiger charge is 2.38. The van der Waals surface area contributed by atoms with Gasteiger partial charge in [0.25, 0.3) is 0 Å². The Bertz CT molecular complexity index is 297. The SMILES string of the molecule is CCN1CCC(N(C)CC2CCCC(C)(C)C2O)CC1. The maximum absolute atomic E-state index is 10.6. The van der Waals surface area contributed by atoms with E-state index < -0.39 is 0 Å². The predicted molar refractivity (Wildman–Crippen MR) is 84.9 cm³/mol. The van der Waals surface area contributed by atoms with Crippen LogP contribution in [0.25, 0.3) is 0 Å². The summed E-state index contributed by atoms with van der Waals surface area (Å²) in [7, 11) is 2.26. The molecule has 1 N–H and O–H groups in total. The first-order chi connectivity index (χ1) is 9.44. The minimum absolute atomic E-state index is 0.106. The van der Waals surface area contributed by atoms with E-state index in [1.165, 1.54) is 51.7 Å². The van der Waals surface area contributed by atoms with Crippen molar-refractivity contribution in [1.29, 1.82) is 0 Å². The van der Waals surface area contributed by atoms with Crippen LogP contribution in [0.2, 0.25) is 0 Å². The van der Waals surface area contributed by atoms with Gasteiger partial charge in [-0.15, -0.1) is 0 Å². The summed E-state index contributed by atoms with van der Waals surface area (Å²) in [5, 5.41) is 10.6. The molecule has 118 valence electrons. The number of rotatable bonds is 4. The fourth-order valence-corrected chi connectivity index (χ4v) is 4.15. The Balaban J connectivity index is 1.83. The van der Waals surface area contributed by atoms with E-state index in [1.54, 1.807) is 0 Å². The van der Waals surface area contributed by atoms with Gasteiger partial charge >= 0.3 is 0 Å². The fraction of sp³-hybridized carbons (Fsp3) is 1.00. The Morgan fingerprint density at radius 3 is 2.45 bits per heavy atom. The first kappa shape index (κ1) is 16.3. The number of aliphatic hydroxyl groups is 1. The van der Waals surface area contributed by atoms with Crippen LogP contribution in [0.4, 0.5) is 0 Å². The molecule has 0 aromatic rings. The van der Waals surface area contributed by atoms with Crippen LogP contribution in [0.3, 0.4) is 0 Å². The van der Waals surface area contributed by atoms with Gasteiger partial charge in [-0.1, -0.05) is 27.2 Å².